The fraction of sp³-hybridized carbons (Fsp3) is 0.0769. The fourth-order valence-corrected chi connectivity index (χ4v) is 1.90. The molecule has 2 N–H and O–H groups in total. The summed E-state index contributed by atoms with van der Waals surface area (Å²) >= 11 is 11.5. The normalized spacial score (nSPS) is 10.4. The third-order valence-electron chi connectivity index (χ3n) is 2.40. The molecular formula is C13H11Cl2FN2. The Bertz CT molecular complexity index is 532. The van der Waals surface area contributed by atoms with Gasteiger partial charge in [-0.3, -0.25) is 0 Å². The van der Waals surface area contributed by atoms with Gasteiger partial charge in [0, 0.05) is 12.2 Å². The molecule has 0 heterocycles. The van der Waals surface area contributed by atoms with Gasteiger partial charge in [-0.05, 0) is 23.8 Å². The minimum atomic E-state index is -0.586. The number of nitrogens with one attached hydrogen (secondary N) is 2. The molecule has 2 rings (SSSR count). The van der Waals surface area contributed by atoms with Crippen LogP contribution in [0.25, 0.3) is 0 Å². The lowest BCUT2D eigenvalue weighted by molar-refractivity contribution is 0.624. The largest absolute Gasteiger partial charge is 0.321 e. The van der Waals surface area contributed by atoms with Crippen LogP contribution in [-0.4, -0.2) is 0 Å². The van der Waals surface area contributed by atoms with Crippen LogP contribution in [0.15, 0.2) is 42.5 Å². The highest BCUT2D eigenvalue weighted by atomic mass is 35.5. The van der Waals surface area contributed by atoms with Crippen molar-refractivity contribution in [1.82, 2.24) is 5.43 Å². The highest BCUT2D eigenvalue weighted by Gasteiger charge is 2.09. The van der Waals surface area contributed by atoms with E-state index in [1.54, 1.807) is 6.07 Å². The smallest absolute Gasteiger partial charge is 0.160 e. The summed E-state index contributed by atoms with van der Waals surface area (Å²) in [6.45, 7) is 0.391. The van der Waals surface area contributed by atoms with Gasteiger partial charge in [0.25, 0.3) is 0 Å². The molecule has 0 aliphatic carbocycles. The van der Waals surface area contributed by atoms with Crippen molar-refractivity contribution >= 4 is 28.9 Å². The maximum atomic E-state index is 13.4. The molecule has 0 amide bonds. The van der Waals surface area contributed by atoms with Crippen LogP contribution in [0.3, 0.4) is 0 Å². The average Bonchev–Trinajstić information content (AvgIpc) is 2.40. The first-order valence-electron chi connectivity index (χ1n) is 5.35. The van der Waals surface area contributed by atoms with Gasteiger partial charge in [0.2, 0.25) is 0 Å². The topological polar surface area (TPSA) is 24.1 Å². The van der Waals surface area contributed by atoms with E-state index in [0.717, 1.165) is 5.69 Å². The summed E-state index contributed by atoms with van der Waals surface area (Å²) in [5.41, 5.74) is 7.51. The van der Waals surface area contributed by atoms with Gasteiger partial charge in [0.05, 0.1) is 10.0 Å². The molecule has 18 heavy (non-hydrogen) atoms. The summed E-state index contributed by atoms with van der Waals surface area (Å²) < 4.78 is 13.4. The Balaban J connectivity index is 1.97. The minimum Gasteiger partial charge on any atom is -0.321 e. The molecule has 0 radical (unpaired) electrons. The molecule has 0 aromatic heterocycles. The second kappa shape index (κ2) is 6.05. The van der Waals surface area contributed by atoms with Crippen molar-refractivity contribution in [2.24, 2.45) is 0 Å². The molecule has 0 saturated heterocycles. The summed E-state index contributed by atoms with van der Waals surface area (Å²) in [6, 6.07) is 12.8. The van der Waals surface area contributed by atoms with Crippen molar-refractivity contribution < 1.29 is 4.39 Å². The first kappa shape index (κ1) is 13.1. The SMILES string of the molecule is Fc1c(Cl)ccc(CNNc2ccccc2)c1Cl. The zero-order chi connectivity index (χ0) is 13.0. The van der Waals surface area contributed by atoms with Crippen LogP contribution >= 0.6 is 23.2 Å². The number of halogens is 3. The van der Waals surface area contributed by atoms with Crippen LogP contribution in [0.4, 0.5) is 10.1 Å². The van der Waals surface area contributed by atoms with E-state index < -0.39 is 5.82 Å². The predicted octanol–water partition coefficient (Wildman–Crippen LogP) is 4.25. The number of para-hydroxylation sites is 1. The molecule has 0 saturated carbocycles. The van der Waals surface area contributed by atoms with Gasteiger partial charge in [-0.25, -0.2) is 9.82 Å². The third-order valence-corrected chi connectivity index (χ3v) is 3.10. The molecule has 0 bridgehead atoms. The summed E-state index contributed by atoms with van der Waals surface area (Å²) in [7, 11) is 0. The Morgan fingerprint density at radius 1 is 1.00 bits per heavy atom. The predicted molar refractivity (Wildman–Crippen MR) is 73.3 cm³/mol. The molecule has 0 unspecified atom stereocenters. The van der Waals surface area contributed by atoms with Gasteiger partial charge >= 0.3 is 0 Å². The Labute approximate surface area is 115 Å². The van der Waals surface area contributed by atoms with Gasteiger partial charge in [-0.1, -0.05) is 47.5 Å². The standard InChI is InChI=1S/C13H11Cl2FN2/c14-11-7-6-9(12(15)13(11)16)8-17-18-10-4-2-1-3-5-10/h1-7,17-18H,8H2. The molecule has 0 fully saturated rings. The number of hydrazine groups is 1. The Hall–Kier alpha value is -1.29. The first-order valence-corrected chi connectivity index (χ1v) is 6.10. The van der Waals surface area contributed by atoms with E-state index >= 15 is 0 Å². The number of benzene rings is 2. The van der Waals surface area contributed by atoms with E-state index in [-0.39, 0.29) is 10.0 Å². The molecule has 0 aliphatic heterocycles. The van der Waals surface area contributed by atoms with Crippen molar-refractivity contribution in [2.45, 2.75) is 6.54 Å². The van der Waals surface area contributed by atoms with Gasteiger partial charge in [0.15, 0.2) is 5.82 Å². The van der Waals surface area contributed by atoms with E-state index in [1.807, 2.05) is 30.3 Å². The zero-order valence-electron chi connectivity index (χ0n) is 9.38. The van der Waals surface area contributed by atoms with Crippen molar-refractivity contribution in [3.8, 4) is 0 Å². The Kier molecular flexibility index (Phi) is 4.42. The maximum Gasteiger partial charge on any atom is 0.160 e. The van der Waals surface area contributed by atoms with E-state index in [2.05, 4.69) is 10.9 Å². The van der Waals surface area contributed by atoms with Crippen LogP contribution in [0.5, 0.6) is 0 Å². The lowest BCUT2D eigenvalue weighted by atomic mass is 10.2. The van der Waals surface area contributed by atoms with Crippen LogP contribution in [0, 0.1) is 5.82 Å². The van der Waals surface area contributed by atoms with Crippen LogP contribution in [0.2, 0.25) is 10.0 Å². The molecule has 0 aliphatic rings. The second-order valence-electron chi connectivity index (χ2n) is 3.68. The number of anilines is 1. The van der Waals surface area contributed by atoms with Crippen LogP contribution < -0.4 is 10.9 Å². The van der Waals surface area contributed by atoms with Crippen molar-refractivity contribution in [1.29, 1.82) is 0 Å². The number of hydrogen-bond acceptors (Lipinski definition) is 2. The molecule has 2 aromatic rings. The van der Waals surface area contributed by atoms with Crippen molar-refractivity contribution in [2.75, 3.05) is 5.43 Å². The van der Waals surface area contributed by atoms with Crippen molar-refractivity contribution in [3.05, 3.63) is 63.9 Å². The maximum absolute atomic E-state index is 13.4. The molecule has 2 nitrogen and oxygen atoms in total. The molecule has 5 heteroatoms. The molecule has 0 spiro atoms. The lowest BCUT2D eigenvalue weighted by Crippen LogP contribution is -2.21. The average molecular weight is 285 g/mol. The molecule has 94 valence electrons. The molecule has 2 aromatic carbocycles. The quantitative estimate of drug-likeness (QED) is 0.648. The van der Waals surface area contributed by atoms with Crippen molar-refractivity contribution in [3.63, 3.8) is 0 Å². The summed E-state index contributed by atoms with van der Waals surface area (Å²) in [5.74, 6) is -0.586. The monoisotopic (exact) mass is 284 g/mol. The number of rotatable bonds is 4. The van der Waals surface area contributed by atoms with Gasteiger partial charge in [-0.2, -0.15) is 0 Å². The minimum absolute atomic E-state index is 0.0276. The van der Waals surface area contributed by atoms with Gasteiger partial charge < -0.3 is 5.43 Å². The Morgan fingerprint density at radius 3 is 2.44 bits per heavy atom. The van der Waals surface area contributed by atoms with Crippen LogP contribution in [0.1, 0.15) is 5.56 Å². The highest BCUT2D eigenvalue weighted by molar-refractivity contribution is 6.35. The molecule has 0 atom stereocenters. The van der Waals surface area contributed by atoms with E-state index in [4.69, 9.17) is 23.2 Å². The summed E-state index contributed by atoms with van der Waals surface area (Å²) in [5, 5.41) is 0.0737. The van der Waals surface area contributed by atoms with Crippen LogP contribution in [-0.2, 0) is 6.54 Å². The fourth-order valence-electron chi connectivity index (χ4n) is 1.47. The second-order valence-corrected chi connectivity index (χ2v) is 4.46. The number of hydrogen-bond donors (Lipinski definition) is 2. The van der Waals surface area contributed by atoms with Gasteiger partial charge in [-0.15, -0.1) is 0 Å². The summed E-state index contributed by atoms with van der Waals surface area (Å²) in [4.78, 5) is 0. The lowest BCUT2D eigenvalue weighted by Gasteiger charge is -2.10. The highest BCUT2D eigenvalue weighted by Crippen LogP contribution is 2.26. The first-order chi connectivity index (χ1) is 8.68. The summed E-state index contributed by atoms with van der Waals surface area (Å²) in [6.07, 6.45) is 0. The van der Waals surface area contributed by atoms with Gasteiger partial charge in [0.1, 0.15) is 0 Å². The zero-order valence-corrected chi connectivity index (χ0v) is 10.9. The molecular weight excluding hydrogens is 274 g/mol. The van der Waals surface area contributed by atoms with E-state index in [9.17, 15) is 4.39 Å². The van der Waals surface area contributed by atoms with E-state index in [1.165, 1.54) is 6.07 Å². The van der Waals surface area contributed by atoms with E-state index in [0.29, 0.717) is 12.1 Å². The Morgan fingerprint density at radius 2 is 1.72 bits per heavy atom. The third kappa shape index (κ3) is 3.13.